The third kappa shape index (κ3) is 1.92. The van der Waals surface area contributed by atoms with Gasteiger partial charge in [-0.1, -0.05) is 0 Å². The number of carbonyl (C=O) groups excluding carboxylic acids is 1. The monoisotopic (exact) mass is 263 g/mol. The van der Waals surface area contributed by atoms with Crippen molar-refractivity contribution in [3.05, 3.63) is 28.1 Å². The molecule has 94 valence electrons. The zero-order valence-corrected chi connectivity index (χ0v) is 10.7. The highest BCUT2D eigenvalue weighted by atomic mass is 32.1. The predicted octanol–water partition coefficient (Wildman–Crippen LogP) is 1.08. The number of hydrogen-bond donors (Lipinski definition) is 0. The Balaban J connectivity index is 1.88. The van der Waals surface area contributed by atoms with Gasteiger partial charge in [0.2, 0.25) is 5.91 Å². The third-order valence-corrected chi connectivity index (χ3v) is 4.09. The summed E-state index contributed by atoms with van der Waals surface area (Å²) in [5.74, 6) is 0.00676. The smallest absolute Gasteiger partial charge is 0.271 e. The summed E-state index contributed by atoms with van der Waals surface area (Å²) >= 11 is 1.37. The van der Waals surface area contributed by atoms with Crippen molar-refractivity contribution in [1.29, 1.82) is 0 Å². The summed E-state index contributed by atoms with van der Waals surface area (Å²) in [7, 11) is 0. The van der Waals surface area contributed by atoms with E-state index >= 15 is 0 Å². The summed E-state index contributed by atoms with van der Waals surface area (Å²) in [6, 6.07) is 1.81. The molecule has 0 aromatic carbocycles. The molecule has 3 rings (SSSR count). The van der Waals surface area contributed by atoms with E-state index in [9.17, 15) is 9.59 Å². The number of thiophene rings is 1. The van der Waals surface area contributed by atoms with Crippen molar-refractivity contribution in [3.63, 3.8) is 0 Å². The van der Waals surface area contributed by atoms with Crippen LogP contribution in [0.4, 0.5) is 0 Å². The van der Waals surface area contributed by atoms with Gasteiger partial charge in [0.1, 0.15) is 11.2 Å². The molecule has 0 spiro atoms. The number of carbonyl (C=O) groups is 1. The van der Waals surface area contributed by atoms with E-state index in [2.05, 4.69) is 4.98 Å². The van der Waals surface area contributed by atoms with E-state index in [4.69, 9.17) is 0 Å². The van der Waals surface area contributed by atoms with Crippen molar-refractivity contribution >= 4 is 27.5 Å². The molecule has 1 amide bonds. The van der Waals surface area contributed by atoms with Gasteiger partial charge in [0.15, 0.2) is 0 Å². The van der Waals surface area contributed by atoms with Crippen molar-refractivity contribution in [2.75, 3.05) is 13.1 Å². The molecule has 1 aliphatic rings. The molecule has 2 aromatic heterocycles. The molecule has 6 heteroatoms. The van der Waals surface area contributed by atoms with Gasteiger partial charge in [0.25, 0.3) is 5.56 Å². The fourth-order valence-corrected chi connectivity index (χ4v) is 3.00. The molecule has 1 aliphatic heterocycles. The average Bonchev–Trinajstić information content (AvgIpc) is 3.02. The molecule has 18 heavy (non-hydrogen) atoms. The molecule has 3 heterocycles. The first-order valence-electron chi connectivity index (χ1n) is 5.96. The number of rotatable bonds is 2. The Labute approximate surface area is 108 Å². The summed E-state index contributed by atoms with van der Waals surface area (Å²) in [5.41, 5.74) is 0.581. The van der Waals surface area contributed by atoms with Crippen LogP contribution >= 0.6 is 11.3 Å². The Morgan fingerprint density at radius 1 is 1.39 bits per heavy atom. The van der Waals surface area contributed by atoms with Gasteiger partial charge in [-0.15, -0.1) is 11.3 Å². The molecule has 1 saturated heterocycles. The van der Waals surface area contributed by atoms with Crippen molar-refractivity contribution < 1.29 is 4.79 Å². The first-order valence-corrected chi connectivity index (χ1v) is 6.84. The Hall–Kier alpha value is -1.69. The number of hydrogen-bond acceptors (Lipinski definition) is 4. The number of nitrogens with zero attached hydrogens (tertiary/aromatic N) is 3. The van der Waals surface area contributed by atoms with Gasteiger partial charge in [0.05, 0.1) is 11.8 Å². The van der Waals surface area contributed by atoms with Crippen LogP contribution in [0.3, 0.4) is 0 Å². The van der Waals surface area contributed by atoms with Crippen molar-refractivity contribution in [3.8, 4) is 0 Å². The van der Waals surface area contributed by atoms with E-state index in [1.165, 1.54) is 22.2 Å². The zero-order chi connectivity index (χ0) is 12.5. The van der Waals surface area contributed by atoms with Crippen LogP contribution in [0, 0.1) is 0 Å². The van der Waals surface area contributed by atoms with Crippen LogP contribution in [0.2, 0.25) is 0 Å². The minimum atomic E-state index is -0.123. The third-order valence-electron chi connectivity index (χ3n) is 3.20. The maximum atomic E-state index is 12.1. The summed E-state index contributed by atoms with van der Waals surface area (Å²) in [6.07, 6.45) is 3.58. The highest BCUT2D eigenvalue weighted by Gasteiger charge is 2.18. The number of amides is 1. The summed E-state index contributed by atoms with van der Waals surface area (Å²) < 4.78 is 2.02. The van der Waals surface area contributed by atoms with E-state index in [1.54, 1.807) is 0 Å². The van der Waals surface area contributed by atoms with Crippen LogP contribution in [0.1, 0.15) is 12.8 Å². The van der Waals surface area contributed by atoms with E-state index in [1.807, 2.05) is 16.3 Å². The van der Waals surface area contributed by atoms with E-state index in [0.717, 1.165) is 25.9 Å². The second-order valence-electron chi connectivity index (χ2n) is 4.40. The molecular formula is C12H13N3O2S. The lowest BCUT2D eigenvalue weighted by molar-refractivity contribution is -0.130. The molecule has 0 radical (unpaired) electrons. The standard InChI is InChI=1S/C12H13N3O2S/c16-10(14-4-1-2-5-14)7-15-8-13-9-3-6-18-11(9)12(15)17/h3,6,8H,1-2,4-5,7H2. The summed E-state index contributed by atoms with van der Waals surface area (Å²) in [4.78, 5) is 30.1. The lowest BCUT2D eigenvalue weighted by atomic mass is 10.4. The highest BCUT2D eigenvalue weighted by molar-refractivity contribution is 7.17. The summed E-state index contributed by atoms with van der Waals surface area (Å²) in [6.45, 7) is 1.71. The largest absolute Gasteiger partial charge is 0.341 e. The summed E-state index contributed by atoms with van der Waals surface area (Å²) in [5, 5.41) is 1.84. The van der Waals surface area contributed by atoms with Crippen molar-refractivity contribution in [2.45, 2.75) is 19.4 Å². The highest BCUT2D eigenvalue weighted by Crippen LogP contribution is 2.13. The lowest BCUT2D eigenvalue weighted by Crippen LogP contribution is -2.34. The van der Waals surface area contributed by atoms with Gasteiger partial charge in [-0.25, -0.2) is 4.98 Å². The lowest BCUT2D eigenvalue weighted by Gasteiger charge is -2.15. The molecule has 0 bridgehead atoms. The van der Waals surface area contributed by atoms with Gasteiger partial charge in [-0.05, 0) is 24.3 Å². The van der Waals surface area contributed by atoms with Crippen LogP contribution in [0.25, 0.3) is 10.2 Å². The van der Waals surface area contributed by atoms with Gasteiger partial charge in [-0.2, -0.15) is 0 Å². The molecular weight excluding hydrogens is 250 g/mol. The van der Waals surface area contributed by atoms with Crippen LogP contribution in [0.5, 0.6) is 0 Å². The maximum Gasteiger partial charge on any atom is 0.271 e. The van der Waals surface area contributed by atoms with E-state index in [0.29, 0.717) is 10.2 Å². The normalized spacial score (nSPS) is 15.4. The second kappa shape index (κ2) is 4.53. The predicted molar refractivity (Wildman–Crippen MR) is 69.7 cm³/mol. The van der Waals surface area contributed by atoms with Crippen molar-refractivity contribution in [1.82, 2.24) is 14.5 Å². The van der Waals surface area contributed by atoms with Crippen LogP contribution in [-0.4, -0.2) is 33.4 Å². The van der Waals surface area contributed by atoms with Gasteiger partial charge < -0.3 is 4.90 Å². The topological polar surface area (TPSA) is 55.2 Å². The number of aromatic nitrogens is 2. The molecule has 2 aromatic rings. The van der Waals surface area contributed by atoms with Gasteiger partial charge in [-0.3, -0.25) is 14.2 Å². The molecule has 0 unspecified atom stereocenters. The SMILES string of the molecule is O=C(Cn1cnc2ccsc2c1=O)N1CCCC1. The number of likely N-dealkylation sites (tertiary alicyclic amines) is 1. The fraction of sp³-hybridized carbons (Fsp3) is 0.417. The van der Waals surface area contributed by atoms with E-state index in [-0.39, 0.29) is 18.0 Å². The van der Waals surface area contributed by atoms with E-state index < -0.39 is 0 Å². The Kier molecular flexibility index (Phi) is 2.87. The first kappa shape index (κ1) is 11.4. The Morgan fingerprint density at radius 2 is 2.17 bits per heavy atom. The minimum absolute atomic E-state index is 0.00676. The van der Waals surface area contributed by atoms with Crippen LogP contribution < -0.4 is 5.56 Å². The Bertz CT molecular complexity index is 640. The minimum Gasteiger partial charge on any atom is -0.341 e. The molecule has 0 atom stereocenters. The van der Waals surface area contributed by atoms with Crippen molar-refractivity contribution in [2.24, 2.45) is 0 Å². The first-order chi connectivity index (χ1) is 8.75. The number of fused-ring (bicyclic) bond motifs is 1. The zero-order valence-electron chi connectivity index (χ0n) is 9.83. The average molecular weight is 263 g/mol. The van der Waals surface area contributed by atoms with Crippen LogP contribution in [-0.2, 0) is 11.3 Å². The van der Waals surface area contributed by atoms with Crippen LogP contribution in [0.15, 0.2) is 22.6 Å². The maximum absolute atomic E-state index is 12.1. The molecule has 0 aliphatic carbocycles. The quantitative estimate of drug-likeness (QED) is 0.814. The molecule has 5 nitrogen and oxygen atoms in total. The molecule has 1 fully saturated rings. The fourth-order valence-electron chi connectivity index (χ4n) is 2.20. The Morgan fingerprint density at radius 3 is 2.94 bits per heavy atom. The second-order valence-corrected chi connectivity index (χ2v) is 5.32. The molecule has 0 saturated carbocycles. The van der Waals surface area contributed by atoms with Gasteiger partial charge >= 0.3 is 0 Å². The van der Waals surface area contributed by atoms with Gasteiger partial charge in [0, 0.05) is 13.1 Å². The molecule has 0 N–H and O–H groups in total.